The largest absolute Gasteiger partial charge is 0.389 e. The Kier molecular flexibility index (Phi) is 4.08. The molecule has 1 aromatic heterocycles. The molecule has 2 aliphatic rings. The van der Waals surface area contributed by atoms with Gasteiger partial charge in [-0.15, -0.1) is 0 Å². The molecule has 3 rings (SSSR count). The number of aromatic nitrogens is 1. The minimum Gasteiger partial charge on any atom is -0.389 e. The molecule has 0 radical (unpaired) electrons. The SMILES string of the molecule is Cc1cc(C)nc(NC(=O)N2CC[C@]3(O)CCCC[C@@H]3C2)c1. The van der Waals surface area contributed by atoms with Crippen molar-refractivity contribution in [3.63, 3.8) is 0 Å². The second-order valence-electron chi connectivity index (χ2n) is 6.84. The fourth-order valence-corrected chi connectivity index (χ4v) is 3.85. The van der Waals surface area contributed by atoms with E-state index >= 15 is 0 Å². The normalized spacial score (nSPS) is 28.1. The first-order chi connectivity index (χ1) is 10.5. The number of amides is 2. The van der Waals surface area contributed by atoms with Crippen LogP contribution in [-0.4, -0.2) is 39.7 Å². The van der Waals surface area contributed by atoms with E-state index in [0.29, 0.717) is 25.3 Å². The number of fused-ring (bicyclic) bond motifs is 1. The Bertz CT molecular complexity index is 555. The monoisotopic (exact) mass is 303 g/mol. The van der Waals surface area contributed by atoms with Crippen molar-refractivity contribution in [3.05, 3.63) is 23.4 Å². The number of carbonyl (C=O) groups excluding carboxylic acids is 1. The topological polar surface area (TPSA) is 65.5 Å². The van der Waals surface area contributed by atoms with Crippen molar-refractivity contribution in [3.8, 4) is 0 Å². The zero-order chi connectivity index (χ0) is 15.7. The molecular formula is C17H25N3O2. The fourth-order valence-electron chi connectivity index (χ4n) is 3.85. The van der Waals surface area contributed by atoms with E-state index in [1.54, 1.807) is 0 Å². The number of likely N-dealkylation sites (tertiary alicyclic amines) is 1. The molecule has 5 heteroatoms. The minimum atomic E-state index is -0.548. The number of carbonyl (C=O) groups is 1. The molecule has 1 aliphatic heterocycles. The first-order valence-electron chi connectivity index (χ1n) is 8.20. The lowest BCUT2D eigenvalue weighted by Gasteiger charge is -2.47. The minimum absolute atomic E-state index is 0.106. The predicted molar refractivity (Wildman–Crippen MR) is 85.8 cm³/mol. The standard InChI is InChI=1S/C17H25N3O2/c1-12-9-13(2)18-15(10-12)19-16(21)20-8-7-17(22)6-4-3-5-14(17)11-20/h9-10,14,22H,3-8,11H2,1-2H3,(H,18,19,21)/t14-,17-/m1/s1. The summed E-state index contributed by atoms with van der Waals surface area (Å²) in [6, 6.07) is 3.76. The van der Waals surface area contributed by atoms with Crippen molar-refractivity contribution in [2.75, 3.05) is 18.4 Å². The maximum Gasteiger partial charge on any atom is 0.323 e. The Labute approximate surface area is 131 Å². The molecule has 120 valence electrons. The van der Waals surface area contributed by atoms with E-state index < -0.39 is 5.60 Å². The van der Waals surface area contributed by atoms with Gasteiger partial charge in [0.15, 0.2) is 0 Å². The van der Waals surface area contributed by atoms with Gasteiger partial charge in [-0.25, -0.2) is 9.78 Å². The average Bonchev–Trinajstić information content (AvgIpc) is 2.45. The number of nitrogens with zero attached hydrogens (tertiary/aromatic N) is 2. The van der Waals surface area contributed by atoms with Crippen molar-refractivity contribution in [1.29, 1.82) is 0 Å². The van der Waals surface area contributed by atoms with Crippen molar-refractivity contribution in [2.45, 2.75) is 51.6 Å². The maximum atomic E-state index is 12.5. The molecule has 5 nitrogen and oxygen atoms in total. The summed E-state index contributed by atoms with van der Waals surface area (Å²) in [6.45, 7) is 5.18. The molecule has 0 unspecified atom stereocenters. The summed E-state index contributed by atoms with van der Waals surface area (Å²) < 4.78 is 0. The Morgan fingerprint density at radius 3 is 2.95 bits per heavy atom. The van der Waals surface area contributed by atoms with Crippen LogP contribution in [0.3, 0.4) is 0 Å². The van der Waals surface area contributed by atoms with E-state index in [4.69, 9.17) is 0 Å². The summed E-state index contributed by atoms with van der Waals surface area (Å²) in [6.07, 6.45) is 4.84. The van der Waals surface area contributed by atoms with Crippen molar-refractivity contribution in [2.24, 2.45) is 5.92 Å². The number of urea groups is 1. The van der Waals surface area contributed by atoms with Crippen molar-refractivity contribution < 1.29 is 9.90 Å². The van der Waals surface area contributed by atoms with Crippen LogP contribution in [0.5, 0.6) is 0 Å². The maximum absolute atomic E-state index is 12.5. The summed E-state index contributed by atoms with van der Waals surface area (Å²) in [4.78, 5) is 18.6. The van der Waals surface area contributed by atoms with Crippen molar-refractivity contribution >= 4 is 11.8 Å². The van der Waals surface area contributed by atoms with Crippen LogP contribution in [0.1, 0.15) is 43.4 Å². The number of pyridine rings is 1. The van der Waals surface area contributed by atoms with Crippen LogP contribution in [0.4, 0.5) is 10.6 Å². The summed E-state index contributed by atoms with van der Waals surface area (Å²) in [5.41, 5.74) is 1.44. The third-order valence-corrected chi connectivity index (χ3v) is 5.05. The van der Waals surface area contributed by atoms with E-state index in [2.05, 4.69) is 10.3 Å². The van der Waals surface area contributed by atoms with Crippen LogP contribution in [0.25, 0.3) is 0 Å². The predicted octanol–water partition coefficient (Wildman–Crippen LogP) is 2.86. The lowest BCUT2D eigenvalue weighted by molar-refractivity contribution is -0.0863. The molecular weight excluding hydrogens is 278 g/mol. The van der Waals surface area contributed by atoms with E-state index in [0.717, 1.165) is 36.9 Å². The third-order valence-electron chi connectivity index (χ3n) is 5.05. The van der Waals surface area contributed by atoms with Gasteiger partial charge in [-0.05, 0) is 50.8 Å². The number of anilines is 1. The summed E-state index contributed by atoms with van der Waals surface area (Å²) in [5.74, 6) is 0.819. The Balaban J connectivity index is 1.66. The Hall–Kier alpha value is -1.62. The lowest BCUT2D eigenvalue weighted by atomic mass is 9.71. The van der Waals surface area contributed by atoms with Gasteiger partial charge in [0, 0.05) is 24.7 Å². The van der Waals surface area contributed by atoms with Gasteiger partial charge < -0.3 is 10.0 Å². The lowest BCUT2D eigenvalue weighted by Crippen LogP contribution is -2.55. The molecule has 2 atom stereocenters. The highest BCUT2D eigenvalue weighted by atomic mass is 16.3. The summed E-state index contributed by atoms with van der Waals surface area (Å²) >= 11 is 0. The van der Waals surface area contributed by atoms with Crippen LogP contribution in [0.15, 0.2) is 12.1 Å². The van der Waals surface area contributed by atoms with Gasteiger partial charge in [-0.1, -0.05) is 12.8 Å². The second-order valence-corrected chi connectivity index (χ2v) is 6.84. The van der Waals surface area contributed by atoms with E-state index in [1.807, 2.05) is 30.9 Å². The zero-order valence-corrected chi connectivity index (χ0v) is 13.4. The summed E-state index contributed by atoms with van der Waals surface area (Å²) in [7, 11) is 0. The first kappa shape index (κ1) is 15.3. The van der Waals surface area contributed by atoms with E-state index in [-0.39, 0.29) is 11.9 Å². The first-order valence-corrected chi connectivity index (χ1v) is 8.20. The number of aryl methyl sites for hydroxylation is 2. The van der Waals surface area contributed by atoms with Gasteiger partial charge in [0.05, 0.1) is 5.60 Å². The highest BCUT2D eigenvalue weighted by Crippen LogP contribution is 2.39. The van der Waals surface area contributed by atoms with Gasteiger partial charge >= 0.3 is 6.03 Å². The van der Waals surface area contributed by atoms with Gasteiger partial charge in [0.25, 0.3) is 0 Å². The quantitative estimate of drug-likeness (QED) is 0.838. The molecule has 1 aromatic rings. The molecule has 2 amide bonds. The van der Waals surface area contributed by atoms with Crippen molar-refractivity contribution in [1.82, 2.24) is 9.88 Å². The van der Waals surface area contributed by atoms with Crippen LogP contribution in [0.2, 0.25) is 0 Å². The molecule has 1 saturated carbocycles. The molecule has 2 heterocycles. The van der Waals surface area contributed by atoms with Crippen LogP contribution in [0, 0.1) is 19.8 Å². The molecule has 2 fully saturated rings. The number of piperidine rings is 1. The highest BCUT2D eigenvalue weighted by molar-refractivity contribution is 5.88. The number of hydrogen-bond acceptors (Lipinski definition) is 3. The van der Waals surface area contributed by atoms with Gasteiger partial charge in [-0.3, -0.25) is 5.32 Å². The van der Waals surface area contributed by atoms with E-state index in [1.165, 1.54) is 0 Å². The molecule has 0 bridgehead atoms. The Morgan fingerprint density at radius 2 is 2.18 bits per heavy atom. The molecule has 22 heavy (non-hydrogen) atoms. The van der Waals surface area contributed by atoms with E-state index in [9.17, 15) is 9.90 Å². The van der Waals surface area contributed by atoms with Gasteiger partial charge in [0.1, 0.15) is 5.82 Å². The average molecular weight is 303 g/mol. The fraction of sp³-hybridized carbons (Fsp3) is 0.647. The number of rotatable bonds is 1. The number of hydrogen-bond donors (Lipinski definition) is 2. The zero-order valence-electron chi connectivity index (χ0n) is 13.4. The number of nitrogens with one attached hydrogen (secondary N) is 1. The molecule has 1 saturated heterocycles. The van der Waals surface area contributed by atoms with Crippen LogP contribution >= 0.6 is 0 Å². The Morgan fingerprint density at radius 1 is 1.36 bits per heavy atom. The molecule has 1 aliphatic carbocycles. The number of aliphatic hydroxyl groups is 1. The van der Waals surface area contributed by atoms with Gasteiger partial charge in [-0.2, -0.15) is 0 Å². The molecule has 2 N–H and O–H groups in total. The third kappa shape index (κ3) is 3.09. The molecule has 0 spiro atoms. The van der Waals surface area contributed by atoms with Gasteiger partial charge in [0.2, 0.25) is 0 Å². The molecule has 0 aromatic carbocycles. The van der Waals surface area contributed by atoms with Crippen LogP contribution in [-0.2, 0) is 0 Å². The van der Waals surface area contributed by atoms with Crippen LogP contribution < -0.4 is 5.32 Å². The highest BCUT2D eigenvalue weighted by Gasteiger charge is 2.43. The summed E-state index contributed by atoms with van der Waals surface area (Å²) in [5, 5.41) is 13.6. The smallest absolute Gasteiger partial charge is 0.323 e. The second kappa shape index (κ2) is 5.88.